The molecule has 1 aliphatic heterocycles. The second-order valence-corrected chi connectivity index (χ2v) is 7.21. The van der Waals surface area contributed by atoms with Gasteiger partial charge in [0.15, 0.2) is 11.5 Å². The first-order chi connectivity index (χ1) is 14.7. The lowest BCUT2D eigenvalue weighted by Gasteiger charge is -2.37. The van der Waals surface area contributed by atoms with Gasteiger partial charge in [0.1, 0.15) is 6.61 Å². The monoisotopic (exact) mass is 406 g/mol. The highest BCUT2D eigenvalue weighted by atomic mass is 16.5. The van der Waals surface area contributed by atoms with Crippen LogP contribution in [-0.4, -0.2) is 42.7 Å². The number of amides is 1. The summed E-state index contributed by atoms with van der Waals surface area (Å²) in [5.74, 6) is 1.28. The molecule has 0 saturated carbocycles. The number of rotatable bonds is 7. The number of carbonyl (C=O) groups is 1. The van der Waals surface area contributed by atoms with Crippen molar-refractivity contribution in [1.82, 2.24) is 9.47 Å². The molecule has 0 radical (unpaired) electrons. The van der Waals surface area contributed by atoms with Crippen molar-refractivity contribution in [2.75, 3.05) is 27.4 Å². The molecule has 4 rings (SSSR count). The van der Waals surface area contributed by atoms with Crippen LogP contribution < -0.4 is 9.47 Å². The molecule has 1 unspecified atom stereocenters. The molecular formula is C24H26N2O4. The number of hydrogen-bond acceptors (Lipinski definition) is 4. The molecule has 3 aromatic rings. The molecule has 6 nitrogen and oxygen atoms in total. The Morgan fingerprint density at radius 3 is 2.53 bits per heavy atom. The lowest BCUT2D eigenvalue weighted by atomic mass is 9.99. The van der Waals surface area contributed by atoms with Crippen molar-refractivity contribution in [3.8, 4) is 11.5 Å². The molecule has 1 aliphatic rings. The Hall–Kier alpha value is -3.25. The summed E-state index contributed by atoms with van der Waals surface area (Å²) in [4.78, 5) is 15.0. The van der Waals surface area contributed by atoms with E-state index in [2.05, 4.69) is 16.8 Å². The minimum atomic E-state index is -0.207. The fourth-order valence-corrected chi connectivity index (χ4v) is 3.94. The number of hydrogen-bond donors (Lipinski definition) is 0. The fraction of sp³-hybridized carbons (Fsp3) is 0.292. The van der Waals surface area contributed by atoms with Gasteiger partial charge in [-0.05, 0) is 35.4 Å². The van der Waals surface area contributed by atoms with Crippen LogP contribution in [0.15, 0.2) is 66.9 Å². The lowest BCUT2D eigenvalue weighted by molar-refractivity contribution is -0.139. The molecule has 0 bridgehead atoms. The maximum atomic E-state index is 13.1. The first kappa shape index (κ1) is 20.0. The molecule has 30 heavy (non-hydrogen) atoms. The van der Waals surface area contributed by atoms with E-state index in [-0.39, 0.29) is 18.6 Å². The quantitative estimate of drug-likeness (QED) is 0.601. The average molecular weight is 406 g/mol. The lowest BCUT2D eigenvalue weighted by Crippen LogP contribution is -2.44. The van der Waals surface area contributed by atoms with Gasteiger partial charge in [0.2, 0.25) is 5.91 Å². The zero-order chi connectivity index (χ0) is 20.9. The maximum absolute atomic E-state index is 13.1. The van der Waals surface area contributed by atoms with Gasteiger partial charge in [0.25, 0.3) is 0 Å². The molecule has 2 aromatic carbocycles. The Morgan fingerprint density at radius 1 is 0.967 bits per heavy atom. The second kappa shape index (κ2) is 9.05. The summed E-state index contributed by atoms with van der Waals surface area (Å²) in [6, 6.07) is 19.6. The van der Waals surface area contributed by atoms with Gasteiger partial charge < -0.3 is 23.7 Å². The summed E-state index contributed by atoms with van der Waals surface area (Å²) in [6.45, 7) is 1.84. The third kappa shape index (κ3) is 4.04. The Balaban J connectivity index is 1.56. The van der Waals surface area contributed by atoms with Crippen molar-refractivity contribution in [3.63, 3.8) is 0 Å². The van der Waals surface area contributed by atoms with E-state index in [0.29, 0.717) is 24.7 Å². The highest BCUT2D eigenvalue weighted by Gasteiger charge is 2.32. The number of nitrogens with zero attached hydrogens (tertiary/aromatic N) is 2. The normalized spacial score (nSPS) is 15.5. The van der Waals surface area contributed by atoms with Crippen LogP contribution in [0.3, 0.4) is 0 Å². The molecule has 2 heterocycles. The number of fused-ring (bicyclic) bond motifs is 1. The SMILES string of the molecule is COc1ccc(C2c3cccn3CCN2C(=O)COCc2ccccc2)cc1OC. The van der Waals surface area contributed by atoms with Crippen molar-refractivity contribution in [2.24, 2.45) is 0 Å². The van der Waals surface area contributed by atoms with Gasteiger partial charge in [-0.3, -0.25) is 4.79 Å². The number of ether oxygens (including phenoxy) is 3. The van der Waals surface area contributed by atoms with Crippen molar-refractivity contribution < 1.29 is 19.0 Å². The molecule has 1 aromatic heterocycles. The van der Waals surface area contributed by atoms with E-state index in [1.807, 2.05) is 59.5 Å². The fourth-order valence-electron chi connectivity index (χ4n) is 3.94. The average Bonchev–Trinajstić information content (AvgIpc) is 3.27. The molecule has 0 aliphatic carbocycles. The first-order valence-electron chi connectivity index (χ1n) is 9.99. The molecule has 156 valence electrons. The maximum Gasteiger partial charge on any atom is 0.249 e. The van der Waals surface area contributed by atoms with Crippen LogP contribution >= 0.6 is 0 Å². The minimum Gasteiger partial charge on any atom is -0.493 e. The largest absolute Gasteiger partial charge is 0.493 e. The van der Waals surface area contributed by atoms with Crippen molar-refractivity contribution in [1.29, 1.82) is 0 Å². The molecule has 1 atom stereocenters. The van der Waals surface area contributed by atoms with Crippen LogP contribution in [0.2, 0.25) is 0 Å². The topological polar surface area (TPSA) is 52.9 Å². The summed E-state index contributed by atoms with van der Waals surface area (Å²) in [5.41, 5.74) is 3.10. The number of methoxy groups -OCH3 is 2. The number of aromatic nitrogens is 1. The van der Waals surface area contributed by atoms with Gasteiger partial charge >= 0.3 is 0 Å². The summed E-state index contributed by atoms with van der Waals surface area (Å²) < 4.78 is 18.8. The van der Waals surface area contributed by atoms with E-state index in [1.54, 1.807) is 14.2 Å². The molecule has 0 fully saturated rings. The molecule has 1 amide bonds. The predicted molar refractivity (Wildman–Crippen MR) is 114 cm³/mol. The van der Waals surface area contributed by atoms with E-state index in [0.717, 1.165) is 23.4 Å². The molecule has 6 heteroatoms. The summed E-state index contributed by atoms with van der Waals surface area (Å²) in [7, 11) is 3.23. The predicted octanol–water partition coefficient (Wildman–Crippen LogP) is 3.65. The van der Waals surface area contributed by atoms with Crippen LogP contribution in [0.5, 0.6) is 11.5 Å². The first-order valence-corrected chi connectivity index (χ1v) is 9.99. The second-order valence-electron chi connectivity index (χ2n) is 7.21. The summed E-state index contributed by atoms with van der Waals surface area (Å²) in [5, 5.41) is 0. The van der Waals surface area contributed by atoms with Gasteiger partial charge in [0, 0.05) is 25.0 Å². The Morgan fingerprint density at radius 2 is 1.77 bits per heavy atom. The van der Waals surface area contributed by atoms with Gasteiger partial charge in [-0.1, -0.05) is 36.4 Å². The van der Waals surface area contributed by atoms with Crippen LogP contribution in [0, 0.1) is 0 Å². The highest BCUT2D eigenvalue weighted by molar-refractivity contribution is 5.78. The van der Waals surface area contributed by atoms with E-state index < -0.39 is 0 Å². The minimum absolute atomic E-state index is 0.0295. The standard InChI is InChI=1S/C24H26N2O4/c1-28-21-11-10-19(15-22(21)29-2)24-20-9-6-12-25(20)13-14-26(24)23(27)17-30-16-18-7-4-3-5-8-18/h3-12,15,24H,13-14,16-17H2,1-2H3. The Kier molecular flexibility index (Phi) is 6.05. The van der Waals surface area contributed by atoms with Crippen LogP contribution in [0.1, 0.15) is 22.9 Å². The van der Waals surface area contributed by atoms with E-state index in [9.17, 15) is 4.79 Å². The Bertz CT molecular complexity index is 999. The number of carbonyl (C=O) groups excluding carboxylic acids is 1. The van der Waals surface area contributed by atoms with Crippen LogP contribution in [0.4, 0.5) is 0 Å². The zero-order valence-electron chi connectivity index (χ0n) is 17.3. The molecule has 0 N–H and O–H groups in total. The van der Waals surface area contributed by atoms with Gasteiger partial charge in [-0.2, -0.15) is 0 Å². The van der Waals surface area contributed by atoms with Gasteiger partial charge in [-0.25, -0.2) is 0 Å². The summed E-state index contributed by atoms with van der Waals surface area (Å²) in [6.07, 6.45) is 2.05. The Labute approximate surface area is 176 Å². The van der Waals surface area contributed by atoms with Crippen LogP contribution in [-0.2, 0) is 22.7 Å². The van der Waals surface area contributed by atoms with E-state index in [1.165, 1.54) is 0 Å². The van der Waals surface area contributed by atoms with Gasteiger partial charge in [-0.15, -0.1) is 0 Å². The van der Waals surface area contributed by atoms with Gasteiger partial charge in [0.05, 0.1) is 26.9 Å². The summed E-state index contributed by atoms with van der Waals surface area (Å²) >= 11 is 0. The molecular weight excluding hydrogens is 380 g/mol. The third-order valence-corrected chi connectivity index (χ3v) is 5.42. The third-order valence-electron chi connectivity index (χ3n) is 5.42. The van der Waals surface area contributed by atoms with E-state index >= 15 is 0 Å². The van der Waals surface area contributed by atoms with Crippen LogP contribution in [0.25, 0.3) is 0 Å². The van der Waals surface area contributed by atoms with Crippen molar-refractivity contribution in [2.45, 2.75) is 19.2 Å². The molecule has 0 spiro atoms. The number of benzene rings is 2. The van der Waals surface area contributed by atoms with E-state index in [4.69, 9.17) is 14.2 Å². The van der Waals surface area contributed by atoms with Crippen molar-refractivity contribution >= 4 is 5.91 Å². The highest BCUT2D eigenvalue weighted by Crippen LogP contribution is 2.37. The van der Waals surface area contributed by atoms with Crippen molar-refractivity contribution in [3.05, 3.63) is 83.7 Å². The smallest absolute Gasteiger partial charge is 0.249 e. The zero-order valence-corrected chi connectivity index (χ0v) is 17.3. The molecule has 0 saturated heterocycles.